The van der Waals surface area contributed by atoms with Crippen LogP contribution in [0.4, 0.5) is 0 Å². The van der Waals surface area contributed by atoms with E-state index in [1.165, 1.54) is 0 Å². The van der Waals surface area contributed by atoms with Gasteiger partial charge in [-0.05, 0) is 6.07 Å². The quantitative estimate of drug-likeness (QED) is 0.788. The second-order valence-corrected chi connectivity index (χ2v) is 7.29. The molecule has 5 nitrogen and oxygen atoms in total. The van der Waals surface area contributed by atoms with Crippen LogP contribution in [-0.4, -0.2) is 55.2 Å². The number of aliphatic hydroxyl groups is 1. The lowest BCUT2D eigenvalue weighted by atomic mass is 10.1. The lowest BCUT2D eigenvalue weighted by Crippen LogP contribution is -2.43. The molecule has 0 aromatic heterocycles. The number of hydrogen-bond acceptors (Lipinski definition) is 5. The maximum absolute atomic E-state index is 11.6. The first kappa shape index (κ1) is 12.9. The minimum atomic E-state index is -3.12. The van der Waals surface area contributed by atoms with E-state index in [1.54, 1.807) is 0 Å². The van der Waals surface area contributed by atoms with Crippen LogP contribution in [0.3, 0.4) is 0 Å². The fourth-order valence-corrected chi connectivity index (χ4v) is 4.62. The molecule has 6 heteroatoms. The Bertz CT molecular complexity index is 572. The molecule has 0 bridgehead atoms. The zero-order chi connectivity index (χ0) is 13.5. The van der Waals surface area contributed by atoms with Gasteiger partial charge in [0.2, 0.25) is 0 Å². The average Bonchev–Trinajstić information content (AvgIpc) is 2.54. The molecule has 3 rings (SSSR count). The Morgan fingerprint density at radius 2 is 2.05 bits per heavy atom. The highest BCUT2D eigenvalue weighted by atomic mass is 32.2. The second-order valence-electron chi connectivity index (χ2n) is 5.14. The van der Waals surface area contributed by atoms with Crippen molar-refractivity contribution in [2.24, 2.45) is 0 Å². The average molecular weight is 283 g/mol. The van der Waals surface area contributed by atoms with E-state index >= 15 is 0 Å². The fraction of sp³-hybridized carbons (Fsp3) is 0.538. The standard InChI is InChI=1S/C13H17NO4S/c15-12-9-19(16,17)8-11(12)14-5-6-18-13-4-2-1-3-10(13)7-14/h1-4,11-12,15H,5-9H2. The number of aliphatic hydroxyl groups excluding tert-OH is 1. The summed E-state index contributed by atoms with van der Waals surface area (Å²) in [7, 11) is -3.12. The third kappa shape index (κ3) is 2.61. The van der Waals surface area contributed by atoms with Crippen LogP contribution in [0.1, 0.15) is 5.56 Å². The van der Waals surface area contributed by atoms with Crippen LogP contribution in [-0.2, 0) is 16.4 Å². The maximum atomic E-state index is 11.6. The Kier molecular flexibility index (Phi) is 3.24. The normalized spacial score (nSPS) is 30.4. The molecule has 1 N–H and O–H groups in total. The predicted molar refractivity (Wildman–Crippen MR) is 70.8 cm³/mol. The summed E-state index contributed by atoms with van der Waals surface area (Å²) in [6, 6.07) is 7.43. The van der Waals surface area contributed by atoms with Crippen LogP contribution < -0.4 is 4.74 Å². The summed E-state index contributed by atoms with van der Waals surface area (Å²) in [6.07, 6.45) is -0.796. The van der Waals surface area contributed by atoms with Crippen LogP contribution >= 0.6 is 0 Å². The van der Waals surface area contributed by atoms with E-state index < -0.39 is 15.9 Å². The topological polar surface area (TPSA) is 66.8 Å². The molecule has 0 spiro atoms. The van der Waals surface area contributed by atoms with Gasteiger partial charge in [-0.1, -0.05) is 18.2 Å². The van der Waals surface area contributed by atoms with Gasteiger partial charge in [0.05, 0.1) is 23.7 Å². The van der Waals surface area contributed by atoms with E-state index in [0.29, 0.717) is 19.7 Å². The molecule has 2 heterocycles. The van der Waals surface area contributed by atoms with Gasteiger partial charge in [0.1, 0.15) is 12.4 Å². The Balaban J connectivity index is 1.83. The highest BCUT2D eigenvalue weighted by Gasteiger charge is 2.40. The van der Waals surface area contributed by atoms with Crippen LogP contribution in [0.5, 0.6) is 5.75 Å². The summed E-state index contributed by atoms with van der Waals surface area (Å²) in [5.74, 6) is 0.757. The molecule has 1 aromatic carbocycles. The van der Waals surface area contributed by atoms with Gasteiger partial charge in [0.15, 0.2) is 9.84 Å². The Labute approximate surface area is 112 Å². The molecule has 19 heavy (non-hydrogen) atoms. The van der Waals surface area contributed by atoms with E-state index in [2.05, 4.69) is 0 Å². The lowest BCUT2D eigenvalue weighted by molar-refractivity contribution is 0.0744. The highest BCUT2D eigenvalue weighted by molar-refractivity contribution is 7.91. The number of benzene rings is 1. The molecule has 0 aliphatic carbocycles. The van der Waals surface area contributed by atoms with Crippen molar-refractivity contribution in [3.8, 4) is 5.75 Å². The number of nitrogens with zero attached hydrogens (tertiary/aromatic N) is 1. The minimum Gasteiger partial charge on any atom is -0.492 e. The fourth-order valence-electron chi connectivity index (χ4n) is 2.79. The largest absolute Gasteiger partial charge is 0.492 e. The van der Waals surface area contributed by atoms with Gasteiger partial charge in [-0.2, -0.15) is 0 Å². The van der Waals surface area contributed by atoms with Crippen LogP contribution in [0, 0.1) is 0 Å². The summed E-state index contributed by atoms with van der Waals surface area (Å²) >= 11 is 0. The van der Waals surface area contributed by atoms with Gasteiger partial charge in [-0.25, -0.2) is 8.42 Å². The second kappa shape index (κ2) is 4.77. The molecule has 2 atom stereocenters. The number of rotatable bonds is 1. The molecule has 1 aromatic rings. The summed E-state index contributed by atoms with van der Waals surface area (Å²) in [5, 5.41) is 9.95. The molecule has 104 valence electrons. The van der Waals surface area contributed by atoms with Crippen molar-refractivity contribution in [1.29, 1.82) is 0 Å². The Morgan fingerprint density at radius 3 is 2.79 bits per heavy atom. The zero-order valence-corrected chi connectivity index (χ0v) is 11.3. The zero-order valence-electron chi connectivity index (χ0n) is 10.5. The molecule has 1 saturated heterocycles. The van der Waals surface area contributed by atoms with Gasteiger partial charge in [-0.15, -0.1) is 0 Å². The van der Waals surface area contributed by atoms with E-state index in [9.17, 15) is 13.5 Å². The molecular formula is C13H17NO4S. The first-order chi connectivity index (χ1) is 9.05. The third-order valence-electron chi connectivity index (χ3n) is 3.74. The smallest absolute Gasteiger partial charge is 0.154 e. The number of para-hydroxylation sites is 1. The van der Waals surface area contributed by atoms with Gasteiger partial charge in [0.25, 0.3) is 0 Å². The maximum Gasteiger partial charge on any atom is 0.154 e. The monoisotopic (exact) mass is 283 g/mol. The van der Waals surface area contributed by atoms with E-state index in [-0.39, 0.29) is 17.5 Å². The molecule has 2 unspecified atom stereocenters. The van der Waals surface area contributed by atoms with Crippen LogP contribution in [0.15, 0.2) is 24.3 Å². The number of ether oxygens (including phenoxy) is 1. The SMILES string of the molecule is O=S1(=O)CC(O)C(N2CCOc3ccccc3C2)C1. The summed E-state index contributed by atoms with van der Waals surface area (Å²) in [6.45, 7) is 1.76. The first-order valence-corrected chi connectivity index (χ1v) is 8.20. The molecule has 2 aliphatic heterocycles. The van der Waals surface area contributed by atoms with Crippen molar-refractivity contribution >= 4 is 9.84 Å². The minimum absolute atomic E-state index is 0.0380. The van der Waals surface area contributed by atoms with E-state index in [1.807, 2.05) is 29.2 Å². The van der Waals surface area contributed by atoms with Crippen molar-refractivity contribution in [3.63, 3.8) is 0 Å². The predicted octanol–water partition coefficient (Wildman–Crippen LogP) is 0.0389. The molecule has 0 radical (unpaired) electrons. The third-order valence-corrected chi connectivity index (χ3v) is 5.44. The van der Waals surface area contributed by atoms with Crippen LogP contribution in [0.2, 0.25) is 0 Å². The van der Waals surface area contributed by atoms with E-state index in [0.717, 1.165) is 11.3 Å². The highest BCUT2D eigenvalue weighted by Crippen LogP contribution is 2.26. The molecule has 2 aliphatic rings. The van der Waals surface area contributed by atoms with Gasteiger partial charge < -0.3 is 9.84 Å². The molecular weight excluding hydrogens is 266 g/mol. The van der Waals surface area contributed by atoms with Gasteiger partial charge in [-0.3, -0.25) is 4.90 Å². The Hall–Kier alpha value is -1.11. The summed E-state index contributed by atoms with van der Waals surface area (Å²) in [5.41, 5.74) is 1.04. The van der Waals surface area contributed by atoms with Gasteiger partial charge in [0, 0.05) is 18.7 Å². The van der Waals surface area contributed by atoms with Crippen LogP contribution in [0.25, 0.3) is 0 Å². The first-order valence-electron chi connectivity index (χ1n) is 6.38. The number of fused-ring (bicyclic) bond motifs is 1. The molecule has 0 amide bonds. The van der Waals surface area contributed by atoms with Gasteiger partial charge >= 0.3 is 0 Å². The van der Waals surface area contributed by atoms with E-state index in [4.69, 9.17) is 4.74 Å². The van der Waals surface area contributed by atoms with Crippen molar-refractivity contribution in [3.05, 3.63) is 29.8 Å². The molecule has 0 saturated carbocycles. The molecule has 1 fully saturated rings. The lowest BCUT2D eigenvalue weighted by Gasteiger charge is -2.27. The Morgan fingerprint density at radius 1 is 1.26 bits per heavy atom. The van der Waals surface area contributed by atoms with Crippen molar-refractivity contribution < 1.29 is 18.3 Å². The van der Waals surface area contributed by atoms with Crippen molar-refractivity contribution in [2.45, 2.75) is 18.7 Å². The number of hydrogen-bond donors (Lipinski definition) is 1. The summed E-state index contributed by atoms with van der Waals surface area (Å²) < 4.78 is 28.9. The van der Waals surface area contributed by atoms with Crippen molar-refractivity contribution in [2.75, 3.05) is 24.7 Å². The van der Waals surface area contributed by atoms with Crippen molar-refractivity contribution in [1.82, 2.24) is 4.90 Å². The number of sulfone groups is 1. The summed E-state index contributed by atoms with van der Waals surface area (Å²) in [4.78, 5) is 2.01.